The van der Waals surface area contributed by atoms with Crippen molar-refractivity contribution in [2.45, 2.75) is 90.2 Å². The summed E-state index contributed by atoms with van der Waals surface area (Å²) < 4.78 is 6.02. The molecule has 0 saturated heterocycles. The van der Waals surface area contributed by atoms with E-state index in [4.69, 9.17) is 4.74 Å². The van der Waals surface area contributed by atoms with Crippen LogP contribution >= 0.6 is 0 Å². The van der Waals surface area contributed by atoms with Crippen molar-refractivity contribution in [1.82, 2.24) is 5.32 Å². The van der Waals surface area contributed by atoms with E-state index in [1.807, 2.05) is 7.11 Å². The van der Waals surface area contributed by atoms with Gasteiger partial charge in [-0.15, -0.1) is 0 Å². The highest BCUT2D eigenvalue weighted by molar-refractivity contribution is 5.18. The molecule has 0 radical (unpaired) electrons. The van der Waals surface area contributed by atoms with Gasteiger partial charge in [0.05, 0.1) is 11.6 Å². The zero-order valence-electron chi connectivity index (χ0n) is 14.1. The number of ether oxygens (including phenoxy) is 1. The quantitative estimate of drug-likeness (QED) is 0.643. The van der Waals surface area contributed by atoms with E-state index in [-0.39, 0.29) is 5.60 Å². The lowest BCUT2D eigenvalue weighted by molar-refractivity contribution is -0.0387. The SMILES string of the molecule is CCCNC(C1=CCCCCCC1)C(CC)(CC)OC. The molecule has 118 valence electrons. The van der Waals surface area contributed by atoms with Crippen molar-refractivity contribution in [2.75, 3.05) is 13.7 Å². The molecule has 1 aliphatic rings. The maximum atomic E-state index is 6.02. The van der Waals surface area contributed by atoms with E-state index in [0.29, 0.717) is 6.04 Å². The molecule has 1 N–H and O–H groups in total. The first-order valence-electron chi connectivity index (χ1n) is 8.71. The van der Waals surface area contributed by atoms with Crippen LogP contribution in [0.2, 0.25) is 0 Å². The van der Waals surface area contributed by atoms with Crippen molar-refractivity contribution < 1.29 is 4.74 Å². The third kappa shape index (κ3) is 4.60. The molecule has 0 fully saturated rings. The Kier molecular flexibility index (Phi) is 8.47. The number of methoxy groups -OCH3 is 1. The van der Waals surface area contributed by atoms with Gasteiger partial charge >= 0.3 is 0 Å². The van der Waals surface area contributed by atoms with Gasteiger partial charge < -0.3 is 10.1 Å². The van der Waals surface area contributed by atoms with Crippen LogP contribution in [0.5, 0.6) is 0 Å². The van der Waals surface area contributed by atoms with Crippen LogP contribution in [-0.4, -0.2) is 25.3 Å². The average Bonchev–Trinajstić information content (AvgIpc) is 2.45. The van der Waals surface area contributed by atoms with Crippen molar-refractivity contribution in [3.05, 3.63) is 11.6 Å². The predicted octanol–water partition coefficient (Wildman–Crippen LogP) is 4.84. The van der Waals surface area contributed by atoms with Crippen molar-refractivity contribution in [3.8, 4) is 0 Å². The molecule has 0 saturated carbocycles. The molecule has 2 heteroatoms. The van der Waals surface area contributed by atoms with Gasteiger partial charge in [0.1, 0.15) is 0 Å². The lowest BCUT2D eigenvalue weighted by Crippen LogP contribution is -2.53. The molecule has 1 atom stereocenters. The zero-order valence-corrected chi connectivity index (χ0v) is 14.1. The summed E-state index contributed by atoms with van der Waals surface area (Å²) in [7, 11) is 1.89. The first-order chi connectivity index (χ1) is 9.74. The number of rotatable bonds is 8. The maximum absolute atomic E-state index is 6.02. The summed E-state index contributed by atoms with van der Waals surface area (Å²) >= 11 is 0. The number of nitrogens with one attached hydrogen (secondary N) is 1. The predicted molar refractivity (Wildman–Crippen MR) is 88.2 cm³/mol. The van der Waals surface area contributed by atoms with Crippen LogP contribution in [0.15, 0.2) is 11.6 Å². The first kappa shape index (κ1) is 17.7. The Morgan fingerprint density at radius 3 is 2.45 bits per heavy atom. The van der Waals surface area contributed by atoms with Gasteiger partial charge in [-0.25, -0.2) is 0 Å². The molecule has 0 aromatic carbocycles. The molecule has 2 nitrogen and oxygen atoms in total. The minimum absolute atomic E-state index is 0.0415. The van der Waals surface area contributed by atoms with E-state index in [9.17, 15) is 0 Å². The smallest absolute Gasteiger partial charge is 0.0864 e. The van der Waals surface area contributed by atoms with Gasteiger partial charge in [0.25, 0.3) is 0 Å². The second-order valence-corrected chi connectivity index (χ2v) is 6.10. The van der Waals surface area contributed by atoms with E-state index < -0.39 is 0 Å². The topological polar surface area (TPSA) is 21.3 Å². The van der Waals surface area contributed by atoms with Crippen LogP contribution in [0.3, 0.4) is 0 Å². The lowest BCUT2D eigenvalue weighted by Gasteiger charge is -2.41. The Hall–Kier alpha value is -0.340. The third-order valence-electron chi connectivity index (χ3n) is 4.92. The molecule has 0 aromatic rings. The summed E-state index contributed by atoms with van der Waals surface area (Å²) in [5.74, 6) is 0. The minimum atomic E-state index is -0.0415. The lowest BCUT2D eigenvalue weighted by atomic mass is 9.80. The van der Waals surface area contributed by atoms with Gasteiger partial charge in [-0.3, -0.25) is 0 Å². The van der Waals surface area contributed by atoms with Crippen LogP contribution in [0, 0.1) is 0 Å². The molecule has 0 spiro atoms. The molecule has 0 heterocycles. The molecular weight excluding hydrogens is 246 g/mol. The highest BCUT2D eigenvalue weighted by atomic mass is 16.5. The Bertz CT molecular complexity index is 273. The van der Waals surface area contributed by atoms with Crippen LogP contribution in [-0.2, 0) is 4.74 Å². The van der Waals surface area contributed by atoms with E-state index >= 15 is 0 Å². The van der Waals surface area contributed by atoms with Gasteiger partial charge in [0.15, 0.2) is 0 Å². The van der Waals surface area contributed by atoms with E-state index in [1.54, 1.807) is 5.57 Å². The Morgan fingerprint density at radius 2 is 1.85 bits per heavy atom. The molecule has 0 aliphatic heterocycles. The Balaban J connectivity index is 2.95. The molecule has 1 aliphatic carbocycles. The summed E-state index contributed by atoms with van der Waals surface area (Å²) in [6.45, 7) is 7.84. The fourth-order valence-electron chi connectivity index (χ4n) is 3.49. The first-order valence-corrected chi connectivity index (χ1v) is 8.71. The summed E-state index contributed by atoms with van der Waals surface area (Å²) in [5.41, 5.74) is 1.56. The summed E-state index contributed by atoms with van der Waals surface area (Å²) in [6, 6.07) is 0.389. The van der Waals surface area contributed by atoms with Crippen LogP contribution in [0.1, 0.15) is 78.6 Å². The third-order valence-corrected chi connectivity index (χ3v) is 4.92. The van der Waals surface area contributed by atoms with Crippen LogP contribution < -0.4 is 5.32 Å². The van der Waals surface area contributed by atoms with Crippen molar-refractivity contribution in [1.29, 1.82) is 0 Å². The van der Waals surface area contributed by atoms with Gasteiger partial charge in [-0.2, -0.15) is 0 Å². The monoisotopic (exact) mass is 281 g/mol. The maximum Gasteiger partial charge on any atom is 0.0864 e. The second-order valence-electron chi connectivity index (χ2n) is 6.10. The van der Waals surface area contributed by atoms with Gasteiger partial charge in [0.2, 0.25) is 0 Å². The highest BCUT2D eigenvalue weighted by Crippen LogP contribution is 2.32. The standard InChI is InChI=1S/C18H35NO/c1-5-15-19-17(18(6-2,7-3)20-4)16-13-11-9-8-10-12-14-16/h13,17,19H,5-12,14-15H2,1-4H3. The fraction of sp³-hybridized carbons (Fsp3) is 0.889. The highest BCUT2D eigenvalue weighted by Gasteiger charge is 2.37. The summed E-state index contributed by atoms with van der Waals surface area (Å²) in [6.07, 6.45) is 13.8. The second kappa shape index (κ2) is 9.57. The average molecular weight is 281 g/mol. The van der Waals surface area contributed by atoms with Gasteiger partial charge in [-0.1, -0.05) is 45.3 Å². The molecule has 0 amide bonds. The van der Waals surface area contributed by atoms with E-state index in [1.165, 1.54) is 44.9 Å². The van der Waals surface area contributed by atoms with Crippen LogP contribution in [0.25, 0.3) is 0 Å². The fourth-order valence-corrected chi connectivity index (χ4v) is 3.49. The summed E-state index contributed by atoms with van der Waals surface area (Å²) in [5, 5.41) is 3.79. The van der Waals surface area contributed by atoms with E-state index in [2.05, 4.69) is 32.2 Å². The number of hydrogen-bond acceptors (Lipinski definition) is 2. The van der Waals surface area contributed by atoms with E-state index in [0.717, 1.165) is 19.4 Å². The largest absolute Gasteiger partial charge is 0.376 e. The minimum Gasteiger partial charge on any atom is -0.376 e. The Labute approximate surface area is 126 Å². The number of hydrogen-bond donors (Lipinski definition) is 1. The molecular formula is C18H35NO. The normalized spacial score (nSPS) is 19.1. The summed E-state index contributed by atoms with van der Waals surface area (Å²) in [4.78, 5) is 0. The van der Waals surface area contributed by atoms with Crippen molar-refractivity contribution >= 4 is 0 Å². The molecule has 0 bridgehead atoms. The Morgan fingerprint density at radius 1 is 1.15 bits per heavy atom. The molecule has 20 heavy (non-hydrogen) atoms. The van der Waals surface area contributed by atoms with Crippen LogP contribution in [0.4, 0.5) is 0 Å². The van der Waals surface area contributed by atoms with Gasteiger partial charge in [0, 0.05) is 7.11 Å². The van der Waals surface area contributed by atoms with Crippen molar-refractivity contribution in [2.24, 2.45) is 0 Å². The molecule has 0 aromatic heterocycles. The zero-order chi connectivity index (χ0) is 14.8. The number of allylic oxidation sites excluding steroid dienone is 1. The molecule has 1 unspecified atom stereocenters. The van der Waals surface area contributed by atoms with Gasteiger partial charge in [-0.05, 0) is 51.5 Å². The molecule has 1 rings (SSSR count). The van der Waals surface area contributed by atoms with Crippen molar-refractivity contribution in [3.63, 3.8) is 0 Å².